The van der Waals surface area contributed by atoms with Crippen LogP contribution in [0.4, 0.5) is 11.4 Å². The number of anilines is 2. The van der Waals surface area contributed by atoms with Crippen LogP contribution in [0.1, 0.15) is 40.9 Å². The number of aryl methyl sites for hydroxylation is 2. The summed E-state index contributed by atoms with van der Waals surface area (Å²) in [6.45, 7) is 8.02. The Morgan fingerprint density at radius 2 is 1.74 bits per heavy atom. The van der Waals surface area contributed by atoms with Gasteiger partial charge in [-0.3, -0.25) is 9.59 Å². The highest BCUT2D eigenvalue weighted by molar-refractivity contribution is 6.07. The van der Waals surface area contributed by atoms with Gasteiger partial charge in [0.05, 0.1) is 12.2 Å². The molecule has 31 heavy (non-hydrogen) atoms. The maximum atomic E-state index is 13.3. The molecule has 0 aliphatic carbocycles. The molecule has 0 spiro atoms. The van der Waals surface area contributed by atoms with Crippen LogP contribution in [-0.4, -0.2) is 17.4 Å². The second-order valence-electron chi connectivity index (χ2n) is 8.44. The second kappa shape index (κ2) is 7.91. The maximum Gasteiger partial charge on any atom is 0.271 e. The Morgan fingerprint density at radius 3 is 2.48 bits per heavy atom. The summed E-state index contributed by atoms with van der Waals surface area (Å²) < 4.78 is 5.98. The zero-order chi connectivity index (χ0) is 22.2. The van der Waals surface area contributed by atoms with Gasteiger partial charge in [0.25, 0.3) is 11.8 Å². The summed E-state index contributed by atoms with van der Waals surface area (Å²) >= 11 is 0. The first-order valence-electron chi connectivity index (χ1n) is 10.3. The fourth-order valence-corrected chi connectivity index (χ4v) is 3.73. The molecule has 5 nitrogen and oxygen atoms in total. The highest BCUT2D eigenvalue weighted by atomic mass is 16.5. The molecule has 3 aromatic carbocycles. The molecule has 0 saturated heterocycles. The lowest BCUT2D eigenvalue weighted by Crippen LogP contribution is -2.52. The van der Waals surface area contributed by atoms with Crippen molar-refractivity contribution in [1.82, 2.24) is 0 Å². The van der Waals surface area contributed by atoms with E-state index >= 15 is 0 Å². The number of fused-ring (bicyclic) bond motifs is 1. The quantitative estimate of drug-likeness (QED) is 0.634. The van der Waals surface area contributed by atoms with E-state index in [9.17, 15) is 9.59 Å². The average Bonchev–Trinajstić information content (AvgIpc) is 2.74. The van der Waals surface area contributed by atoms with Crippen molar-refractivity contribution in [2.75, 3.05) is 10.2 Å². The number of amides is 2. The summed E-state index contributed by atoms with van der Waals surface area (Å²) in [5.74, 6) is 0.214. The Bertz CT molecular complexity index is 1150. The Labute approximate surface area is 182 Å². The summed E-state index contributed by atoms with van der Waals surface area (Å²) in [6.07, 6.45) is 0. The third-order valence-electron chi connectivity index (χ3n) is 5.50. The lowest BCUT2D eigenvalue weighted by atomic mass is 9.99. The monoisotopic (exact) mass is 414 g/mol. The van der Waals surface area contributed by atoms with E-state index in [1.807, 2.05) is 44.2 Å². The van der Waals surface area contributed by atoms with Crippen molar-refractivity contribution in [1.29, 1.82) is 0 Å². The van der Waals surface area contributed by atoms with Crippen molar-refractivity contribution >= 4 is 23.2 Å². The molecule has 4 rings (SSSR count). The molecular weight excluding hydrogens is 388 g/mol. The second-order valence-corrected chi connectivity index (χ2v) is 8.44. The van der Waals surface area contributed by atoms with Gasteiger partial charge in [-0.05, 0) is 69.2 Å². The summed E-state index contributed by atoms with van der Waals surface area (Å²) in [5, 5.41) is 2.89. The first-order valence-corrected chi connectivity index (χ1v) is 10.3. The fourth-order valence-electron chi connectivity index (χ4n) is 3.73. The van der Waals surface area contributed by atoms with Crippen LogP contribution in [0.2, 0.25) is 0 Å². The fraction of sp³-hybridized carbons (Fsp3) is 0.231. The largest absolute Gasteiger partial charge is 0.476 e. The van der Waals surface area contributed by atoms with E-state index in [1.165, 1.54) is 0 Å². The topological polar surface area (TPSA) is 58.6 Å². The Morgan fingerprint density at radius 1 is 1.00 bits per heavy atom. The summed E-state index contributed by atoms with van der Waals surface area (Å²) in [5.41, 5.74) is 4.11. The molecule has 0 unspecified atom stereocenters. The van der Waals surface area contributed by atoms with E-state index < -0.39 is 5.60 Å². The molecule has 3 aromatic rings. The first-order chi connectivity index (χ1) is 14.7. The van der Waals surface area contributed by atoms with Gasteiger partial charge in [0.1, 0.15) is 5.75 Å². The lowest BCUT2D eigenvalue weighted by molar-refractivity contribution is -0.132. The van der Waals surface area contributed by atoms with Crippen LogP contribution >= 0.6 is 0 Å². The standard InChI is InChI=1S/C26H26N2O3/c1-17-10-11-18(2)20(14-17)16-28-22-15-19(24(29)27-21-8-6-5-7-9-21)12-13-23(22)31-26(3,4)25(28)30/h5-15H,16H2,1-4H3,(H,27,29). The van der Waals surface area contributed by atoms with Gasteiger partial charge in [-0.25, -0.2) is 0 Å². The van der Waals surface area contributed by atoms with Crippen LogP contribution in [0, 0.1) is 13.8 Å². The van der Waals surface area contributed by atoms with E-state index in [-0.39, 0.29) is 11.8 Å². The SMILES string of the molecule is Cc1ccc(C)c(CN2C(=O)C(C)(C)Oc3ccc(C(=O)Nc4ccccc4)cc32)c1. The normalized spacial score (nSPS) is 14.6. The minimum atomic E-state index is -0.988. The molecule has 0 fully saturated rings. The van der Waals surface area contributed by atoms with Gasteiger partial charge in [-0.2, -0.15) is 0 Å². The molecule has 0 atom stereocenters. The van der Waals surface area contributed by atoms with Gasteiger partial charge < -0.3 is 15.0 Å². The minimum absolute atomic E-state index is 0.137. The van der Waals surface area contributed by atoms with E-state index in [0.717, 1.165) is 16.7 Å². The molecule has 2 amide bonds. The molecular formula is C26H26N2O3. The first kappa shape index (κ1) is 20.7. The number of rotatable bonds is 4. The third kappa shape index (κ3) is 4.17. The molecule has 5 heteroatoms. The molecule has 0 saturated carbocycles. The molecule has 0 radical (unpaired) electrons. The number of ether oxygens (including phenoxy) is 1. The van der Waals surface area contributed by atoms with Gasteiger partial charge in [0.15, 0.2) is 5.60 Å². The third-order valence-corrected chi connectivity index (χ3v) is 5.50. The zero-order valence-electron chi connectivity index (χ0n) is 18.2. The number of benzene rings is 3. The molecule has 1 aliphatic rings. The van der Waals surface area contributed by atoms with Crippen molar-refractivity contribution in [3.05, 3.63) is 89.0 Å². The van der Waals surface area contributed by atoms with E-state index in [2.05, 4.69) is 23.5 Å². The molecule has 158 valence electrons. The number of carbonyl (C=O) groups excluding carboxylic acids is 2. The van der Waals surface area contributed by atoms with Crippen LogP contribution < -0.4 is 15.0 Å². The van der Waals surface area contributed by atoms with Crippen LogP contribution in [-0.2, 0) is 11.3 Å². The Kier molecular flexibility index (Phi) is 5.27. The van der Waals surface area contributed by atoms with Crippen molar-refractivity contribution in [3.8, 4) is 5.75 Å². The molecule has 1 aliphatic heterocycles. The smallest absolute Gasteiger partial charge is 0.271 e. The van der Waals surface area contributed by atoms with E-state index in [1.54, 1.807) is 36.9 Å². The van der Waals surface area contributed by atoms with Gasteiger partial charge in [0.2, 0.25) is 0 Å². The summed E-state index contributed by atoms with van der Waals surface area (Å²) in [6, 6.07) is 20.7. The minimum Gasteiger partial charge on any atom is -0.476 e. The Balaban J connectivity index is 1.71. The summed E-state index contributed by atoms with van der Waals surface area (Å²) in [7, 11) is 0. The number of hydrogen-bond donors (Lipinski definition) is 1. The molecule has 0 aromatic heterocycles. The lowest BCUT2D eigenvalue weighted by Gasteiger charge is -2.39. The maximum absolute atomic E-state index is 13.3. The zero-order valence-corrected chi connectivity index (χ0v) is 18.2. The number of hydrogen-bond acceptors (Lipinski definition) is 3. The van der Waals surface area contributed by atoms with Crippen molar-refractivity contribution in [2.24, 2.45) is 0 Å². The van der Waals surface area contributed by atoms with Gasteiger partial charge >= 0.3 is 0 Å². The van der Waals surface area contributed by atoms with Crippen LogP contribution in [0.15, 0.2) is 66.7 Å². The average molecular weight is 415 g/mol. The van der Waals surface area contributed by atoms with Crippen molar-refractivity contribution in [2.45, 2.75) is 39.8 Å². The predicted molar refractivity (Wildman–Crippen MR) is 123 cm³/mol. The molecule has 1 N–H and O–H groups in total. The summed E-state index contributed by atoms with van der Waals surface area (Å²) in [4.78, 5) is 27.8. The number of nitrogens with zero attached hydrogens (tertiary/aromatic N) is 1. The predicted octanol–water partition coefficient (Wildman–Crippen LogP) is 5.26. The number of carbonyl (C=O) groups is 2. The van der Waals surface area contributed by atoms with E-state index in [0.29, 0.717) is 29.2 Å². The van der Waals surface area contributed by atoms with Crippen molar-refractivity contribution < 1.29 is 14.3 Å². The number of para-hydroxylation sites is 1. The highest BCUT2D eigenvalue weighted by Crippen LogP contribution is 2.39. The molecule has 0 bridgehead atoms. The van der Waals surface area contributed by atoms with Crippen LogP contribution in [0.3, 0.4) is 0 Å². The highest BCUT2D eigenvalue weighted by Gasteiger charge is 2.41. The van der Waals surface area contributed by atoms with Crippen LogP contribution in [0.5, 0.6) is 5.75 Å². The Hall–Kier alpha value is -3.60. The van der Waals surface area contributed by atoms with Crippen molar-refractivity contribution in [3.63, 3.8) is 0 Å². The van der Waals surface area contributed by atoms with Crippen LogP contribution in [0.25, 0.3) is 0 Å². The van der Waals surface area contributed by atoms with Gasteiger partial charge in [-0.1, -0.05) is 42.0 Å². The van der Waals surface area contributed by atoms with Gasteiger partial charge in [-0.15, -0.1) is 0 Å². The number of nitrogens with one attached hydrogen (secondary N) is 1. The molecule has 1 heterocycles. The van der Waals surface area contributed by atoms with Gasteiger partial charge in [0, 0.05) is 11.3 Å². The van der Waals surface area contributed by atoms with E-state index in [4.69, 9.17) is 4.74 Å².